The third kappa shape index (κ3) is 4.84. The van der Waals surface area contributed by atoms with Crippen LogP contribution in [-0.2, 0) is 9.22 Å². The predicted octanol–water partition coefficient (Wildman–Crippen LogP) is 3.78. The molecule has 1 unspecified atom stereocenters. The molecule has 11 heteroatoms. The third-order valence-electron chi connectivity index (χ3n) is 7.86. The summed E-state index contributed by atoms with van der Waals surface area (Å²) in [5, 5.41) is 11.9. The Bertz CT molecular complexity index is 1300. The van der Waals surface area contributed by atoms with Gasteiger partial charge in [-0.15, -0.1) is 0 Å². The lowest BCUT2D eigenvalue weighted by molar-refractivity contribution is -0.119. The van der Waals surface area contributed by atoms with Gasteiger partial charge in [0, 0.05) is 0 Å². The molecule has 1 spiro atoms. The van der Waals surface area contributed by atoms with Crippen LogP contribution in [0.25, 0.3) is 0 Å². The fourth-order valence-electron chi connectivity index (χ4n) is 6.22. The molecule has 0 bridgehead atoms. The lowest BCUT2D eigenvalue weighted by Crippen LogP contribution is -2.72. The Morgan fingerprint density at radius 1 is 1.10 bits per heavy atom. The molecule has 0 aliphatic carbocycles. The lowest BCUT2D eigenvalue weighted by atomic mass is 9.93. The summed E-state index contributed by atoms with van der Waals surface area (Å²) in [7, 11) is -2.85. The molecule has 2 aromatic rings. The van der Waals surface area contributed by atoms with Crippen molar-refractivity contribution in [2.75, 3.05) is 6.61 Å². The van der Waals surface area contributed by atoms with E-state index in [0.29, 0.717) is 11.8 Å². The van der Waals surface area contributed by atoms with Gasteiger partial charge in [0.25, 0.3) is 18.0 Å². The molecule has 5 rings (SSSR count). The fraction of sp³-hybridized carbons (Fsp3) is 0.379. The molecule has 0 radical (unpaired) electrons. The van der Waals surface area contributed by atoms with Crippen LogP contribution in [0.3, 0.4) is 0 Å². The number of carbonyl (C=O) groups is 1. The quantitative estimate of drug-likeness (QED) is 0.270. The van der Waals surface area contributed by atoms with E-state index in [1.165, 1.54) is 10.4 Å². The number of hydrogen-bond donors (Lipinski definition) is 3. The first-order valence-corrected chi connectivity index (χ1v) is 16.3. The van der Waals surface area contributed by atoms with E-state index in [4.69, 9.17) is 44.2 Å². The van der Waals surface area contributed by atoms with Crippen molar-refractivity contribution in [2.45, 2.75) is 60.3 Å². The Labute approximate surface area is 251 Å². The lowest BCUT2D eigenvalue weighted by Gasteiger charge is -2.49. The van der Waals surface area contributed by atoms with Gasteiger partial charge < -0.3 is 20.0 Å². The molecular weight excluding hydrogens is 585 g/mol. The van der Waals surface area contributed by atoms with Crippen LogP contribution in [0.15, 0.2) is 90.2 Å². The van der Waals surface area contributed by atoms with Crippen LogP contribution in [0.2, 0.25) is 5.04 Å². The Morgan fingerprint density at radius 2 is 1.68 bits per heavy atom. The molecular formula is C29H34Cl3N5O2Si. The molecule has 1 fully saturated rings. The Kier molecular flexibility index (Phi) is 7.55. The van der Waals surface area contributed by atoms with Crippen LogP contribution in [0, 0.1) is 0 Å². The van der Waals surface area contributed by atoms with Gasteiger partial charge in [0.1, 0.15) is 6.04 Å². The Morgan fingerprint density at radius 3 is 2.20 bits per heavy atom. The summed E-state index contributed by atoms with van der Waals surface area (Å²) in [6.45, 7) is 13.1. The van der Waals surface area contributed by atoms with Gasteiger partial charge in [-0.3, -0.25) is 10.1 Å². The summed E-state index contributed by atoms with van der Waals surface area (Å²) in [6.07, 6.45) is 4.14. The van der Waals surface area contributed by atoms with Gasteiger partial charge in [-0.05, 0) is 28.4 Å². The van der Waals surface area contributed by atoms with E-state index in [0.717, 1.165) is 0 Å². The minimum Gasteiger partial charge on any atom is -0.405 e. The molecule has 4 atom stereocenters. The molecule has 7 nitrogen and oxygen atoms in total. The number of aliphatic imine (C=N–C) groups is 1. The van der Waals surface area contributed by atoms with E-state index in [2.05, 4.69) is 104 Å². The largest absolute Gasteiger partial charge is 0.405 e. The number of guanidine groups is 1. The van der Waals surface area contributed by atoms with Crippen molar-refractivity contribution in [3.8, 4) is 0 Å². The molecule has 1 saturated heterocycles. The fourth-order valence-corrected chi connectivity index (χ4v) is 10.9. The smallest absolute Gasteiger partial charge is 0.278 e. The van der Waals surface area contributed by atoms with E-state index in [-0.39, 0.29) is 23.7 Å². The standard InChI is InChI=1S/C29H34Cl3N5O2Si/c1-19-16-17-28-24(33-20(2)36-28)23(34-26(37(19)28)35-25(38)29(30,31)32)18-39-40(27(3,4)5,21-12-8-6-9-13-21)22-14-10-7-11-15-22/h6-17,19,23-24,33,36H,2,18H2,1,3-5H3,(H,34,35,38)/t19-,23+,24+,28?/m1/s1. The zero-order valence-electron chi connectivity index (χ0n) is 22.9. The van der Waals surface area contributed by atoms with Crippen molar-refractivity contribution >= 4 is 65.4 Å². The minimum absolute atomic E-state index is 0.0873. The van der Waals surface area contributed by atoms with Gasteiger partial charge in [-0.1, -0.05) is 129 Å². The van der Waals surface area contributed by atoms with Gasteiger partial charge in [-0.2, -0.15) is 0 Å². The number of halogens is 3. The summed E-state index contributed by atoms with van der Waals surface area (Å²) in [5.41, 5.74) is -0.728. The second-order valence-corrected chi connectivity index (χ2v) is 18.1. The maximum Gasteiger partial charge on any atom is 0.278 e. The highest BCUT2D eigenvalue weighted by molar-refractivity contribution is 6.99. The van der Waals surface area contributed by atoms with Crippen LogP contribution in [-0.4, -0.2) is 59.3 Å². The first-order valence-electron chi connectivity index (χ1n) is 13.2. The van der Waals surface area contributed by atoms with E-state index in [1.807, 2.05) is 24.0 Å². The SMILES string of the molecule is C=C1N[C@H]2[C@H](CO[Si](c3ccccc3)(c3ccccc3)C(C)(C)C)N=C(NC(=O)C(Cl)(Cl)Cl)N3[C@H](C)C=CC23N1. The molecule has 0 aromatic heterocycles. The Balaban J connectivity index is 1.59. The molecule has 3 aliphatic heterocycles. The normalized spacial score (nSPS) is 26.0. The van der Waals surface area contributed by atoms with Crippen LogP contribution in [0.1, 0.15) is 27.7 Å². The van der Waals surface area contributed by atoms with Crippen molar-refractivity contribution in [2.24, 2.45) is 4.99 Å². The first-order chi connectivity index (χ1) is 18.8. The molecule has 1 amide bonds. The molecule has 3 heterocycles. The van der Waals surface area contributed by atoms with Crippen molar-refractivity contribution in [3.05, 3.63) is 85.2 Å². The molecule has 2 aromatic carbocycles. The molecule has 212 valence electrons. The number of nitrogens with one attached hydrogen (secondary N) is 3. The first kappa shape index (κ1) is 29.0. The zero-order valence-corrected chi connectivity index (χ0v) is 26.2. The summed E-state index contributed by atoms with van der Waals surface area (Å²) < 4.78 is 5.10. The van der Waals surface area contributed by atoms with E-state index in [1.54, 1.807) is 0 Å². The second-order valence-electron chi connectivity index (χ2n) is 11.5. The van der Waals surface area contributed by atoms with Crippen LogP contribution < -0.4 is 26.3 Å². The van der Waals surface area contributed by atoms with Crippen molar-refractivity contribution < 1.29 is 9.22 Å². The number of rotatable bonds is 5. The van der Waals surface area contributed by atoms with Crippen LogP contribution in [0.4, 0.5) is 0 Å². The second kappa shape index (κ2) is 10.4. The predicted molar refractivity (Wildman–Crippen MR) is 166 cm³/mol. The molecule has 3 N–H and O–H groups in total. The number of hydrogen-bond acceptors (Lipinski definition) is 6. The number of amides is 1. The van der Waals surface area contributed by atoms with Gasteiger partial charge in [0.15, 0.2) is 5.66 Å². The summed E-state index contributed by atoms with van der Waals surface area (Å²) in [5.74, 6) is 0.193. The highest BCUT2D eigenvalue weighted by atomic mass is 35.6. The van der Waals surface area contributed by atoms with Gasteiger partial charge in [0.2, 0.25) is 5.96 Å². The zero-order chi connectivity index (χ0) is 28.9. The summed E-state index contributed by atoms with van der Waals surface area (Å²) >= 11 is 17.8. The molecule has 3 aliphatic rings. The topological polar surface area (TPSA) is 78.0 Å². The number of benzene rings is 2. The number of alkyl halides is 3. The molecule has 0 saturated carbocycles. The van der Waals surface area contributed by atoms with Gasteiger partial charge in [0.05, 0.1) is 24.5 Å². The van der Waals surface area contributed by atoms with Crippen LogP contribution >= 0.6 is 34.8 Å². The Hall–Kier alpha value is -2.49. The van der Waals surface area contributed by atoms with Crippen LogP contribution in [0.5, 0.6) is 0 Å². The van der Waals surface area contributed by atoms with E-state index in [9.17, 15) is 4.79 Å². The van der Waals surface area contributed by atoms with E-state index < -0.39 is 29.7 Å². The van der Waals surface area contributed by atoms with Gasteiger partial charge >= 0.3 is 0 Å². The van der Waals surface area contributed by atoms with Gasteiger partial charge in [-0.25, -0.2) is 4.99 Å². The highest BCUT2D eigenvalue weighted by Crippen LogP contribution is 2.41. The van der Waals surface area contributed by atoms with E-state index >= 15 is 0 Å². The third-order valence-corrected chi connectivity index (χ3v) is 13.4. The maximum absolute atomic E-state index is 12.8. The number of carbonyl (C=O) groups excluding carboxylic acids is 1. The average molecular weight is 619 g/mol. The summed E-state index contributed by atoms with van der Waals surface area (Å²) in [4.78, 5) is 19.8. The summed E-state index contributed by atoms with van der Waals surface area (Å²) in [6, 6.07) is 20.2. The number of nitrogens with zero attached hydrogens (tertiary/aromatic N) is 2. The van der Waals surface area contributed by atoms with Crippen molar-refractivity contribution in [3.63, 3.8) is 0 Å². The van der Waals surface area contributed by atoms with Crippen molar-refractivity contribution in [1.29, 1.82) is 0 Å². The average Bonchev–Trinajstić information content (AvgIpc) is 3.41. The monoisotopic (exact) mass is 617 g/mol. The molecule has 40 heavy (non-hydrogen) atoms. The van der Waals surface area contributed by atoms with Crippen molar-refractivity contribution in [1.82, 2.24) is 20.9 Å². The minimum atomic E-state index is -2.85. The maximum atomic E-state index is 12.8. The highest BCUT2D eigenvalue weighted by Gasteiger charge is 2.59.